The maximum atomic E-state index is 13.5. The fourth-order valence-electron chi connectivity index (χ4n) is 1.50. The summed E-state index contributed by atoms with van der Waals surface area (Å²) in [6.07, 6.45) is 2.70. The number of aromatic nitrogens is 1. The molecule has 0 aliphatic carbocycles. The van der Waals surface area contributed by atoms with Crippen LogP contribution in [-0.4, -0.2) is 10.9 Å². The normalized spacial score (nSPS) is 10.1. The molecule has 0 aliphatic rings. The molecule has 0 bridgehead atoms. The average Bonchev–Trinajstić information content (AvgIpc) is 2.33. The van der Waals surface area contributed by atoms with Gasteiger partial charge >= 0.3 is 0 Å². The van der Waals surface area contributed by atoms with E-state index in [9.17, 15) is 14.0 Å². The number of H-pyrrole nitrogens is 1. The number of carbonyl (C=O) groups is 1. The van der Waals surface area contributed by atoms with Crippen molar-refractivity contribution in [2.24, 2.45) is 0 Å². The standard InChI is InChI=1S/C13H11FN2O2/c1-8-2-3-11(10(14)6-8)16-13(18)9-7-15-5-4-12(9)17/h2-7H,1H3,(H,15,17)(H,16,18). The van der Waals surface area contributed by atoms with Gasteiger partial charge < -0.3 is 10.3 Å². The second kappa shape index (κ2) is 4.83. The van der Waals surface area contributed by atoms with Crippen LogP contribution in [0.25, 0.3) is 0 Å². The summed E-state index contributed by atoms with van der Waals surface area (Å²) in [6.45, 7) is 1.75. The van der Waals surface area contributed by atoms with Crippen molar-refractivity contribution in [3.63, 3.8) is 0 Å². The maximum Gasteiger partial charge on any atom is 0.261 e. The molecule has 2 rings (SSSR count). The molecule has 1 aromatic carbocycles. The van der Waals surface area contributed by atoms with Crippen LogP contribution in [0.3, 0.4) is 0 Å². The zero-order chi connectivity index (χ0) is 13.1. The minimum atomic E-state index is -0.639. The van der Waals surface area contributed by atoms with Gasteiger partial charge in [0.2, 0.25) is 0 Å². The van der Waals surface area contributed by atoms with E-state index in [0.29, 0.717) is 0 Å². The largest absolute Gasteiger partial charge is 0.367 e. The Labute approximate surface area is 102 Å². The molecule has 0 unspecified atom stereocenters. The predicted octanol–water partition coefficient (Wildman–Crippen LogP) is 2.07. The highest BCUT2D eigenvalue weighted by molar-refractivity contribution is 6.04. The van der Waals surface area contributed by atoms with Crippen molar-refractivity contribution in [2.45, 2.75) is 6.92 Å². The number of pyridine rings is 1. The van der Waals surface area contributed by atoms with E-state index >= 15 is 0 Å². The molecule has 0 aliphatic heterocycles. The summed E-state index contributed by atoms with van der Waals surface area (Å²) in [4.78, 5) is 25.8. The lowest BCUT2D eigenvalue weighted by atomic mass is 10.2. The van der Waals surface area contributed by atoms with Gasteiger partial charge in [-0.15, -0.1) is 0 Å². The third-order valence-electron chi connectivity index (χ3n) is 2.44. The van der Waals surface area contributed by atoms with Crippen LogP contribution < -0.4 is 10.7 Å². The Morgan fingerprint density at radius 3 is 2.78 bits per heavy atom. The van der Waals surface area contributed by atoms with Gasteiger partial charge in [-0.1, -0.05) is 6.07 Å². The van der Waals surface area contributed by atoms with E-state index in [2.05, 4.69) is 10.3 Å². The maximum absolute atomic E-state index is 13.5. The lowest BCUT2D eigenvalue weighted by Gasteiger charge is -2.06. The molecule has 0 atom stereocenters. The summed E-state index contributed by atoms with van der Waals surface area (Å²) >= 11 is 0. The first-order valence-electron chi connectivity index (χ1n) is 5.32. The Kier molecular flexibility index (Phi) is 3.23. The second-order valence-electron chi connectivity index (χ2n) is 3.86. The molecule has 1 amide bonds. The number of hydrogen-bond acceptors (Lipinski definition) is 2. The summed E-state index contributed by atoms with van der Waals surface area (Å²) < 4.78 is 13.5. The monoisotopic (exact) mass is 246 g/mol. The molecule has 0 spiro atoms. The van der Waals surface area contributed by atoms with Crippen LogP contribution in [0.5, 0.6) is 0 Å². The Hall–Kier alpha value is -2.43. The molecule has 92 valence electrons. The van der Waals surface area contributed by atoms with Crippen molar-refractivity contribution in [1.29, 1.82) is 0 Å². The van der Waals surface area contributed by atoms with Gasteiger partial charge in [-0.25, -0.2) is 4.39 Å². The fraction of sp³-hybridized carbons (Fsp3) is 0.0769. The molecule has 0 fully saturated rings. The van der Waals surface area contributed by atoms with Gasteiger partial charge in [0.05, 0.1) is 5.69 Å². The third kappa shape index (κ3) is 2.45. The number of aryl methyl sites for hydroxylation is 1. The van der Waals surface area contributed by atoms with Gasteiger partial charge in [-0.05, 0) is 24.6 Å². The summed E-state index contributed by atoms with van der Waals surface area (Å²) in [7, 11) is 0. The van der Waals surface area contributed by atoms with Crippen LogP contribution in [0.2, 0.25) is 0 Å². The number of nitrogens with one attached hydrogen (secondary N) is 2. The highest BCUT2D eigenvalue weighted by Crippen LogP contribution is 2.15. The Morgan fingerprint density at radius 1 is 1.33 bits per heavy atom. The van der Waals surface area contributed by atoms with Crippen LogP contribution in [0, 0.1) is 12.7 Å². The number of anilines is 1. The van der Waals surface area contributed by atoms with Gasteiger partial charge in [-0.2, -0.15) is 0 Å². The molecule has 1 heterocycles. The number of amides is 1. The van der Waals surface area contributed by atoms with E-state index in [0.717, 1.165) is 5.56 Å². The summed E-state index contributed by atoms with van der Waals surface area (Å²) in [5.74, 6) is -1.17. The zero-order valence-electron chi connectivity index (χ0n) is 9.66. The van der Waals surface area contributed by atoms with E-state index in [4.69, 9.17) is 0 Å². The van der Waals surface area contributed by atoms with Crippen LogP contribution in [0.4, 0.5) is 10.1 Å². The molecular formula is C13H11FN2O2. The zero-order valence-corrected chi connectivity index (χ0v) is 9.66. The first-order chi connectivity index (χ1) is 8.58. The highest BCUT2D eigenvalue weighted by atomic mass is 19.1. The molecule has 4 nitrogen and oxygen atoms in total. The molecule has 18 heavy (non-hydrogen) atoms. The fourth-order valence-corrected chi connectivity index (χ4v) is 1.50. The molecule has 1 aromatic heterocycles. The second-order valence-corrected chi connectivity index (χ2v) is 3.86. The van der Waals surface area contributed by atoms with Crippen molar-refractivity contribution in [2.75, 3.05) is 5.32 Å². The SMILES string of the molecule is Cc1ccc(NC(=O)c2c[nH]ccc2=O)c(F)c1. The minimum Gasteiger partial charge on any atom is -0.367 e. The third-order valence-corrected chi connectivity index (χ3v) is 2.44. The molecular weight excluding hydrogens is 235 g/mol. The van der Waals surface area contributed by atoms with Gasteiger partial charge in [-0.3, -0.25) is 9.59 Å². The van der Waals surface area contributed by atoms with E-state index in [-0.39, 0.29) is 11.3 Å². The quantitative estimate of drug-likeness (QED) is 0.852. The Morgan fingerprint density at radius 2 is 2.11 bits per heavy atom. The van der Waals surface area contributed by atoms with Crippen molar-refractivity contribution < 1.29 is 9.18 Å². The number of hydrogen-bond donors (Lipinski definition) is 2. The van der Waals surface area contributed by atoms with Crippen molar-refractivity contribution >= 4 is 11.6 Å². The average molecular weight is 246 g/mol. The Balaban J connectivity index is 2.27. The van der Waals surface area contributed by atoms with Gasteiger partial charge in [0.15, 0.2) is 5.43 Å². The predicted molar refractivity (Wildman–Crippen MR) is 66.2 cm³/mol. The van der Waals surface area contributed by atoms with E-state index in [1.807, 2.05) is 0 Å². The lowest BCUT2D eigenvalue weighted by Crippen LogP contribution is -2.21. The van der Waals surface area contributed by atoms with Crippen LogP contribution in [0.15, 0.2) is 41.5 Å². The van der Waals surface area contributed by atoms with Crippen molar-refractivity contribution in [3.05, 3.63) is 63.8 Å². The smallest absolute Gasteiger partial charge is 0.261 e. The molecule has 5 heteroatoms. The molecule has 2 N–H and O–H groups in total. The first kappa shape index (κ1) is 12.0. The van der Waals surface area contributed by atoms with Crippen LogP contribution in [-0.2, 0) is 0 Å². The van der Waals surface area contributed by atoms with Gasteiger partial charge in [0.1, 0.15) is 11.4 Å². The first-order valence-corrected chi connectivity index (χ1v) is 5.32. The number of benzene rings is 1. The van der Waals surface area contributed by atoms with Gasteiger partial charge in [0, 0.05) is 18.5 Å². The number of aromatic amines is 1. The topological polar surface area (TPSA) is 62.0 Å². The lowest BCUT2D eigenvalue weighted by molar-refractivity contribution is 0.102. The molecule has 2 aromatic rings. The molecule has 0 saturated heterocycles. The highest BCUT2D eigenvalue weighted by Gasteiger charge is 2.11. The van der Waals surface area contributed by atoms with E-state index < -0.39 is 17.2 Å². The van der Waals surface area contributed by atoms with Crippen molar-refractivity contribution in [1.82, 2.24) is 4.98 Å². The molecule has 0 radical (unpaired) electrons. The van der Waals surface area contributed by atoms with Gasteiger partial charge in [0.25, 0.3) is 5.91 Å². The summed E-state index contributed by atoms with van der Waals surface area (Å²) in [5, 5.41) is 2.36. The van der Waals surface area contributed by atoms with Crippen LogP contribution in [0.1, 0.15) is 15.9 Å². The molecule has 0 saturated carbocycles. The van der Waals surface area contributed by atoms with Crippen molar-refractivity contribution in [3.8, 4) is 0 Å². The number of carbonyl (C=O) groups excluding carboxylic acids is 1. The van der Waals surface area contributed by atoms with Crippen LogP contribution >= 0.6 is 0 Å². The Bertz CT molecular complexity index is 649. The summed E-state index contributed by atoms with van der Waals surface area (Å²) in [6, 6.07) is 5.68. The summed E-state index contributed by atoms with van der Waals surface area (Å²) in [5.41, 5.74) is 0.327. The minimum absolute atomic E-state index is 0.0499. The van der Waals surface area contributed by atoms with E-state index in [1.54, 1.807) is 13.0 Å². The van der Waals surface area contributed by atoms with E-state index in [1.165, 1.54) is 30.6 Å². The number of rotatable bonds is 2. The number of halogens is 1.